The lowest BCUT2D eigenvalue weighted by Gasteiger charge is -2.32. The van der Waals surface area contributed by atoms with Gasteiger partial charge in [-0.1, -0.05) is 107 Å². The number of hydrogen-bond donors (Lipinski definition) is 0. The third-order valence-corrected chi connectivity index (χ3v) is 15.1. The van der Waals surface area contributed by atoms with Crippen LogP contribution in [0.4, 0.5) is 0 Å². The number of halogens is 1. The first-order valence-corrected chi connectivity index (χ1v) is 23.8. The Hall–Kier alpha value is -4.65. The van der Waals surface area contributed by atoms with Crippen molar-refractivity contribution in [3.63, 3.8) is 0 Å². The van der Waals surface area contributed by atoms with Crippen LogP contribution >= 0.6 is 15.9 Å². The maximum atomic E-state index is 6.27. The van der Waals surface area contributed by atoms with E-state index in [1.54, 1.807) is 0 Å². The number of aromatic nitrogens is 2. The molecular formula is C54H60B3BrN2O6. The second-order valence-electron chi connectivity index (χ2n) is 20.7. The Morgan fingerprint density at radius 1 is 0.348 bits per heavy atom. The molecule has 0 radical (unpaired) electrons. The van der Waals surface area contributed by atoms with Gasteiger partial charge in [0.05, 0.1) is 55.7 Å². The average molecular weight is 945 g/mol. The standard InChI is InChI=1S/C24H24BNO2.C18H12BrN.C12H24B2O4/c1-23(2)24(3,4)28-25(27-23)17-10-9-11-18(16-17)26-21-14-7-5-12-19(21)20-13-6-8-15-22(20)26;19-13-6-5-7-14(12-13)20-17-10-3-1-8-15(17)16-9-2-4-11-18(16)20;1-9(2)10(3,4)16-13(15-9)14-17-11(5,6)12(7,8)18-14/h5-16H,1-4H3;1-12H;1-8H3. The van der Waals surface area contributed by atoms with E-state index in [9.17, 15) is 0 Å². The first-order valence-electron chi connectivity index (χ1n) is 23.0. The quantitative estimate of drug-likeness (QED) is 0.164. The summed E-state index contributed by atoms with van der Waals surface area (Å²) >= 11 is 3.56. The number of para-hydroxylation sites is 4. The SMILES string of the molecule is Brc1cccc(-n2c3ccccc3c3ccccc32)c1.CC1(C)OB(B2OC(C)(C)C(C)(C)O2)OC1(C)C.CC1(C)OB(c2cccc(-n3c4ccccc4c4ccccc43)c2)OC1(C)C. The molecular weight excluding hydrogens is 885 g/mol. The molecule has 11 rings (SSSR count). The van der Waals surface area contributed by atoms with Gasteiger partial charge in [-0.3, -0.25) is 0 Å². The van der Waals surface area contributed by atoms with Gasteiger partial charge in [-0.15, -0.1) is 0 Å². The van der Waals surface area contributed by atoms with Crippen molar-refractivity contribution in [1.29, 1.82) is 0 Å². The summed E-state index contributed by atoms with van der Waals surface area (Å²) in [7, 11) is -1.31. The van der Waals surface area contributed by atoms with Crippen molar-refractivity contribution in [3.8, 4) is 11.4 Å². The summed E-state index contributed by atoms with van der Waals surface area (Å²) < 4.78 is 42.1. The molecule has 0 saturated carbocycles. The van der Waals surface area contributed by atoms with E-state index < -0.39 is 14.0 Å². The second kappa shape index (κ2) is 16.8. The van der Waals surface area contributed by atoms with E-state index in [-0.39, 0.29) is 40.7 Å². The lowest BCUT2D eigenvalue weighted by atomic mass is 9.49. The molecule has 8 aromatic rings. The van der Waals surface area contributed by atoms with E-state index in [1.165, 1.54) is 49.3 Å². The molecule has 8 nitrogen and oxygen atoms in total. The molecule has 66 heavy (non-hydrogen) atoms. The third-order valence-electron chi connectivity index (χ3n) is 14.6. The summed E-state index contributed by atoms with van der Waals surface area (Å²) in [5.41, 5.74) is 6.09. The Morgan fingerprint density at radius 2 is 0.652 bits per heavy atom. The van der Waals surface area contributed by atoms with Gasteiger partial charge in [0.1, 0.15) is 0 Å². The van der Waals surface area contributed by atoms with Crippen LogP contribution in [0.25, 0.3) is 55.0 Å². The first kappa shape index (κ1) is 46.5. The highest BCUT2D eigenvalue weighted by atomic mass is 79.9. The molecule has 3 saturated heterocycles. The predicted octanol–water partition coefficient (Wildman–Crippen LogP) is 12.9. The largest absolute Gasteiger partial charge is 0.494 e. The molecule has 338 valence electrons. The third kappa shape index (κ3) is 8.27. The summed E-state index contributed by atoms with van der Waals surface area (Å²) in [4.78, 5) is 0. The highest BCUT2D eigenvalue weighted by molar-refractivity contribution is 9.10. The van der Waals surface area contributed by atoms with Gasteiger partial charge >= 0.3 is 21.1 Å². The number of fused-ring (bicyclic) bond motifs is 6. The van der Waals surface area contributed by atoms with E-state index in [0.717, 1.165) is 15.6 Å². The Bertz CT molecular complexity index is 2890. The maximum Gasteiger partial charge on any atom is 0.494 e. The molecule has 0 N–H and O–H groups in total. The average Bonchev–Trinajstić information content (AvgIpc) is 3.98. The van der Waals surface area contributed by atoms with E-state index in [2.05, 4.69) is 198 Å². The van der Waals surface area contributed by atoms with Gasteiger partial charge in [-0.25, -0.2) is 0 Å². The van der Waals surface area contributed by atoms with Gasteiger partial charge in [0.15, 0.2) is 0 Å². The summed E-state index contributed by atoms with van der Waals surface area (Å²) in [5.74, 6) is 0. The molecule has 3 fully saturated rings. The zero-order valence-electron chi connectivity index (χ0n) is 40.3. The van der Waals surface area contributed by atoms with Gasteiger partial charge < -0.3 is 37.1 Å². The summed E-state index contributed by atoms with van der Waals surface area (Å²) in [5, 5.41) is 5.12. The van der Waals surface area contributed by atoms with Crippen molar-refractivity contribution in [2.24, 2.45) is 0 Å². The van der Waals surface area contributed by atoms with Crippen LogP contribution in [0.15, 0.2) is 150 Å². The lowest BCUT2D eigenvalue weighted by Crippen LogP contribution is -2.41. The fourth-order valence-electron chi connectivity index (χ4n) is 8.81. The molecule has 0 unspecified atom stereocenters. The summed E-state index contributed by atoms with van der Waals surface area (Å²) in [6.07, 6.45) is 0. The number of rotatable bonds is 4. The topological polar surface area (TPSA) is 65.2 Å². The van der Waals surface area contributed by atoms with Crippen LogP contribution in [0.3, 0.4) is 0 Å². The van der Waals surface area contributed by atoms with E-state index >= 15 is 0 Å². The molecule has 12 heteroatoms. The summed E-state index contributed by atoms with van der Waals surface area (Å²) in [6.45, 7) is 24.6. The van der Waals surface area contributed by atoms with E-state index in [1.807, 2.05) is 55.4 Å². The zero-order chi connectivity index (χ0) is 47.0. The van der Waals surface area contributed by atoms with Gasteiger partial charge in [0.25, 0.3) is 0 Å². The van der Waals surface area contributed by atoms with Crippen LogP contribution in [0.2, 0.25) is 0 Å². The predicted molar refractivity (Wildman–Crippen MR) is 277 cm³/mol. The molecule has 0 atom stereocenters. The van der Waals surface area contributed by atoms with E-state index in [4.69, 9.17) is 27.9 Å². The minimum atomic E-state index is -0.476. The van der Waals surface area contributed by atoms with Crippen LogP contribution in [-0.4, -0.2) is 63.9 Å². The molecule has 0 amide bonds. The molecule has 2 aromatic heterocycles. The molecule has 3 aliphatic rings. The van der Waals surface area contributed by atoms with Crippen molar-refractivity contribution in [2.75, 3.05) is 0 Å². The van der Waals surface area contributed by atoms with Gasteiger partial charge in [0.2, 0.25) is 0 Å². The molecule has 0 aliphatic carbocycles. The number of hydrogen-bond acceptors (Lipinski definition) is 6. The molecule has 6 aromatic carbocycles. The zero-order valence-corrected chi connectivity index (χ0v) is 41.9. The smallest absolute Gasteiger partial charge is 0.405 e. The normalized spacial score (nSPS) is 19.9. The van der Waals surface area contributed by atoms with Crippen LogP contribution in [0.5, 0.6) is 0 Å². The monoisotopic (exact) mass is 944 g/mol. The Balaban J connectivity index is 0.000000129. The highest BCUT2D eigenvalue weighted by Crippen LogP contribution is 2.43. The fourth-order valence-corrected chi connectivity index (χ4v) is 9.19. The van der Waals surface area contributed by atoms with Crippen molar-refractivity contribution in [1.82, 2.24) is 9.13 Å². The molecule has 0 spiro atoms. The van der Waals surface area contributed by atoms with Crippen LogP contribution in [0.1, 0.15) is 83.1 Å². The van der Waals surface area contributed by atoms with Crippen molar-refractivity contribution in [2.45, 2.75) is 117 Å². The maximum absolute atomic E-state index is 6.27. The van der Waals surface area contributed by atoms with Crippen LogP contribution in [-0.2, 0) is 27.9 Å². The lowest BCUT2D eigenvalue weighted by molar-refractivity contribution is 0.00578. The first-order chi connectivity index (χ1) is 31.1. The van der Waals surface area contributed by atoms with E-state index in [0.29, 0.717) is 0 Å². The Kier molecular flexibility index (Phi) is 11.9. The van der Waals surface area contributed by atoms with Crippen molar-refractivity contribution < 1.29 is 27.9 Å². The number of nitrogens with zero attached hydrogens (tertiary/aromatic N) is 2. The minimum Gasteiger partial charge on any atom is -0.405 e. The highest BCUT2D eigenvalue weighted by Gasteiger charge is 2.63. The van der Waals surface area contributed by atoms with Gasteiger partial charge in [0, 0.05) is 37.4 Å². The van der Waals surface area contributed by atoms with Gasteiger partial charge in [-0.2, -0.15) is 0 Å². The minimum absolute atomic E-state index is 0.347. The number of benzene rings is 6. The van der Waals surface area contributed by atoms with Crippen LogP contribution < -0.4 is 5.46 Å². The second-order valence-corrected chi connectivity index (χ2v) is 21.6. The molecule has 3 aliphatic heterocycles. The Morgan fingerprint density at radius 3 is 1.00 bits per heavy atom. The van der Waals surface area contributed by atoms with Gasteiger partial charge in [-0.05, 0) is 143 Å². The van der Waals surface area contributed by atoms with Crippen molar-refractivity contribution in [3.05, 3.63) is 150 Å². The molecule has 0 bridgehead atoms. The Labute approximate surface area is 399 Å². The molecule has 5 heterocycles. The van der Waals surface area contributed by atoms with Crippen molar-refractivity contribution >= 4 is 86.1 Å². The fraction of sp³-hybridized carbons (Fsp3) is 0.333. The van der Waals surface area contributed by atoms with Crippen LogP contribution in [0, 0.1) is 0 Å². The summed E-state index contributed by atoms with van der Waals surface area (Å²) in [6, 6.07) is 51.1.